The Morgan fingerprint density at radius 1 is 1.12 bits per heavy atom. The topological polar surface area (TPSA) is 44.8 Å². The largest absolute Gasteiger partial charge is 0.493 e. The molecule has 0 fully saturated rings. The molecule has 0 aliphatic heterocycles. The summed E-state index contributed by atoms with van der Waals surface area (Å²) < 4.78 is 16.6. The van der Waals surface area contributed by atoms with Gasteiger partial charge in [0.1, 0.15) is 5.75 Å². The number of esters is 1. The first kappa shape index (κ1) is 19.1. The van der Waals surface area contributed by atoms with Crippen LogP contribution in [0.1, 0.15) is 35.3 Å². The molecule has 0 heterocycles. The molecule has 134 valence electrons. The summed E-state index contributed by atoms with van der Waals surface area (Å²) in [5.74, 6) is 1.24. The lowest BCUT2D eigenvalue weighted by molar-refractivity contribution is 0.0732. The molecule has 0 N–H and O–H groups in total. The van der Waals surface area contributed by atoms with Gasteiger partial charge in [0.05, 0.1) is 24.3 Å². The van der Waals surface area contributed by atoms with Gasteiger partial charge >= 0.3 is 5.97 Å². The Kier molecular flexibility index (Phi) is 6.32. The van der Waals surface area contributed by atoms with Crippen LogP contribution < -0.4 is 14.2 Å². The van der Waals surface area contributed by atoms with E-state index >= 15 is 0 Å². The van der Waals surface area contributed by atoms with Crippen molar-refractivity contribution in [2.24, 2.45) is 5.92 Å². The zero-order valence-corrected chi connectivity index (χ0v) is 15.9. The molecule has 5 heteroatoms. The van der Waals surface area contributed by atoms with Crippen LogP contribution in [-0.2, 0) is 0 Å². The van der Waals surface area contributed by atoms with Crippen molar-refractivity contribution in [3.8, 4) is 17.2 Å². The van der Waals surface area contributed by atoms with Gasteiger partial charge in [-0.3, -0.25) is 0 Å². The summed E-state index contributed by atoms with van der Waals surface area (Å²) in [6, 6.07) is 8.83. The molecule has 0 saturated carbocycles. The Morgan fingerprint density at radius 3 is 2.32 bits per heavy atom. The Bertz CT molecular complexity index is 748. The van der Waals surface area contributed by atoms with Crippen molar-refractivity contribution >= 4 is 17.6 Å². The van der Waals surface area contributed by atoms with Gasteiger partial charge in [0, 0.05) is 0 Å². The van der Waals surface area contributed by atoms with Crippen LogP contribution in [0, 0.1) is 19.8 Å². The maximum Gasteiger partial charge on any atom is 0.343 e. The number of ether oxygens (including phenoxy) is 3. The van der Waals surface area contributed by atoms with Gasteiger partial charge in [-0.2, -0.15) is 0 Å². The monoisotopic (exact) mass is 362 g/mol. The molecule has 0 amide bonds. The zero-order chi connectivity index (χ0) is 18.6. The van der Waals surface area contributed by atoms with E-state index < -0.39 is 5.97 Å². The Balaban J connectivity index is 2.30. The Morgan fingerprint density at radius 2 is 1.76 bits per heavy atom. The van der Waals surface area contributed by atoms with Crippen molar-refractivity contribution in [2.75, 3.05) is 13.7 Å². The van der Waals surface area contributed by atoms with Gasteiger partial charge in [-0.1, -0.05) is 43.6 Å². The molecule has 0 radical (unpaired) electrons. The van der Waals surface area contributed by atoms with Crippen LogP contribution in [0.3, 0.4) is 0 Å². The standard InChI is InChI=1S/C20H23ClO4/c1-12(2)11-24-19-16(21)9-15(10-17(19)23-5)20(22)25-18-13(3)7-6-8-14(18)4/h6-10,12H,11H2,1-5H3. The summed E-state index contributed by atoms with van der Waals surface area (Å²) >= 11 is 6.29. The molecule has 0 atom stereocenters. The van der Waals surface area contributed by atoms with Crippen LogP contribution in [0.2, 0.25) is 5.02 Å². The van der Waals surface area contributed by atoms with Crippen molar-refractivity contribution in [2.45, 2.75) is 27.7 Å². The van der Waals surface area contributed by atoms with E-state index in [-0.39, 0.29) is 0 Å². The average Bonchev–Trinajstić information content (AvgIpc) is 2.56. The number of methoxy groups -OCH3 is 1. The highest BCUT2D eigenvalue weighted by Gasteiger charge is 2.19. The number of benzene rings is 2. The summed E-state index contributed by atoms with van der Waals surface area (Å²) in [6.07, 6.45) is 0. The molecule has 25 heavy (non-hydrogen) atoms. The number of rotatable bonds is 6. The summed E-state index contributed by atoms with van der Waals surface area (Å²) in [7, 11) is 1.51. The molecule has 0 saturated heterocycles. The summed E-state index contributed by atoms with van der Waals surface area (Å²) in [5.41, 5.74) is 2.09. The highest BCUT2D eigenvalue weighted by molar-refractivity contribution is 6.32. The van der Waals surface area contributed by atoms with E-state index in [1.165, 1.54) is 13.2 Å². The molecule has 0 aliphatic rings. The van der Waals surface area contributed by atoms with Crippen molar-refractivity contribution in [1.82, 2.24) is 0 Å². The van der Waals surface area contributed by atoms with Crippen LogP contribution in [-0.4, -0.2) is 19.7 Å². The molecule has 2 rings (SSSR count). The second-order valence-electron chi connectivity index (χ2n) is 6.30. The van der Waals surface area contributed by atoms with Gasteiger partial charge in [0.2, 0.25) is 0 Å². The molecular weight excluding hydrogens is 340 g/mol. The highest BCUT2D eigenvalue weighted by Crippen LogP contribution is 2.37. The lowest BCUT2D eigenvalue weighted by Crippen LogP contribution is -2.11. The minimum Gasteiger partial charge on any atom is -0.493 e. The summed E-state index contributed by atoms with van der Waals surface area (Å²) in [6.45, 7) is 8.37. The van der Waals surface area contributed by atoms with Gasteiger partial charge in [0.25, 0.3) is 0 Å². The van der Waals surface area contributed by atoms with E-state index in [1.807, 2.05) is 45.9 Å². The quantitative estimate of drug-likeness (QED) is 0.522. The number of halogens is 1. The molecule has 2 aromatic carbocycles. The van der Waals surface area contributed by atoms with E-state index in [1.54, 1.807) is 6.07 Å². The van der Waals surface area contributed by atoms with Gasteiger partial charge in [0.15, 0.2) is 11.5 Å². The summed E-state index contributed by atoms with van der Waals surface area (Å²) in [5, 5.41) is 0.313. The van der Waals surface area contributed by atoms with Gasteiger partial charge in [-0.05, 0) is 43.0 Å². The third-order valence-corrected chi connectivity index (χ3v) is 3.91. The van der Waals surface area contributed by atoms with E-state index in [0.717, 1.165) is 11.1 Å². The predicted molar refractivity (Wildman–Crippen MR) is 99.2 cm³/mol. The Labute approximate surface area is 153 Å². The van der Waals surface area contributed by atoms with Crippen LogP contribution in [0.4, 0.5) is 0 Å². The Hall–Kier alpha value is -2.20. The SMILES string of the molecule is COc1cc(C(=O)Oc2c(C)cccc2C)cc(Cl)c1OCC(C)C. The van der Waals surface area contributed by atoms with Gasteiger partial charge < -0.3 is 14.2 Å². The normalized spacial score (nSPS) is 10.7. The second-order valence-corrected chi connectivity index (χ2v) is 6.71. The third kappa shape index (κ3) is 4.67. The average molecular weight is 363 g/mol. The first-order valence-electron chi connectivity index (χ1n) is 8.12. The maximum absolute atomic E-state index is 12.5. The fourth-order valence-electron chi connectivity index (χ4n) is 2.34. The zero-order valence-electron chi connectivity index (χ0n) is 15.2. The first-order valence-corrected chi connectivity index (χ1v) is 8.50. The van der Waals surface area contributed by atoms with Crippen LogP contribution >= 0.6 is 11.6 Å². The molecular formula is C20H23ClO4. The molecule has 0 unspecified atom stereocenters. The second kappa shape index (κ2) is 8.26. The fraction of sp³-hybridized carbons (Fsp3) is 0.350. The minimum atomic E-state index is -0.493. The molecule has 2 aromatic rings. The highest BCUT2D eigenvalue weighted by atomic mass is 35.5. The molecule has 0 aliphatic carbocycles. The van der Waals surface area contributed by atoms with Crippen LogP contribution in [0.25, 0.3) is 0 Å². The molecule has 0 spiro atoms. The molecule has 4 nitrogen and oxygen atoms in total. The van der Waals surface area contributed by atoms with E-state index in [0.29, 0.717) is 40.4 Å². The number of carbonyl (C=O) groups excluding carboxylic acids is 1. The van der Waals surface area contributed by atoms with Crippen molar-refractivity contribution < 1.29 is 19.0 Å². The number of hydrogen-bond acceptors (Lipinski definition) is 4. The maximum atomic E-state index is 12.5. The number of carbonyl (C=O) groups is 1. The van der Waals surface area contributed by atoms with Gasteiger partial charge in [-0.25, -0.2) is 4.79 Å². The molecule has 0 aromatic heterocycles. The predicted octanol–water partition coefficient (Wildman–Crippen LogP) is 5.22. The lowest BCUT2D eigenvalue weighted by Gasteiger charge is -2.15. The van der Waals surface area contributed by atoms with Crippen molar-refractivity contribution in [3.05, 3.63) is 52.0 Å². The first-order chi connectivity index (χ1) is 11.8. The molecule has 0 bridgehead atoms. The van der Waals surface area contributed by atoms with E-state index in [9.17, 15) is 4.79 Å². The van der Waals surface area contributed by atoms with Crippen LogP contribution in [0.5, 0.6) is 17.2 Å². The number of aryl methyl sites for hydroxylation is 2. The number of hydrogen-bond donors (Lipinski definition) is 0. The van der Waals surface area contributed by atoms with Crippen molar-refractivity contribution in [3.63, 3.8) is 0 Å². The third-order valence-electron chi connectivity index (χ3n) is 3.63. The van der Waals surface area contributed by atoms with Crippen LogP contribution in [0.15, 0.2) is 30.3 Å². The lowest BCUT2D eigenvalue weighted by atomic mass is 10.1. The fourth-order valence-corrected chi connectivity index (χ4v) is 2.60. The van der Waals surface area contributed by atoms with E-state index in [4.69, 9.17) is 25.8 Å². The van der Waals surface area contributed by atoms with Gasteiger partial charge in [-0.15, -0.1) is 0 Å². The number of para-hydroxylation sites is 1. The van der Waals surface area contributed by atoms with Crippen molar-refractivity contribution in [1.29, 1.82) is 0 Å². The van der Waals surface area contributed by atoms with E-state index in [2.05, 4.69) is 0 Å². The smallest absolute Gasteiger partial charge is 0.343 e. The summed E-state index contributed by atoms with van der Waals surface area (Å²) in [4.78, 5) is 12.5. The minimum absolute atomic E-state index is 0.307.